The summed E-state index contributed by atoms with van der Waals surface area (Å²) in [4.78, 5) is 25.6. The first-order valence-electron chi connectivity index (χ1n) is 8.29. The van der Waals surface area contributed by atoms with E-state index in [4.69, 9.17) is 0 Å². The zero-order chi connectivity index (χ0) is 17.5. The Morgan fingerprint density at radius 3 is 2.24 bits per heavy atom. The topological polar surface area (TPSA) is 90.2 Å². The number of rotatable bonds is 2. The third-order valence-electron chi connectivity index (χ3n) is 6.05. The van der Waals surface area contributed by atoms with E-state index < -0.39 is 0 Å². The molecular formula is C18H15BrN2O4. The van der Waals surface area contributed by atoms with Crippen LogP contribution in [0.4, 0.5) is 0 Å². The van der Waals surface area contributed by atoms with E-state index in [2.05, 4.69) is 33.2 Å². The minimum absolute atomic E-state index is 0.101. The summed E-state index contributed by atoms with van der Waals surface area (Å²) in [5.74, 6) is 0.0808. The van der Waals surface area contributed by atoms with Gasteiger partial charge in [0.2, 0.25) is 0 Å². The summed E-state index contributed by atoms with van der Waals surface area (Å²) in [5, 5.41) is 24.5. The zero-order valence-electron chi connectivity index (χ0n) is 13.0. The molecule has 6 atom stereocenters. The largest absolute Gasteiger partial charge is 0.507 e. The fraction of sp³-hybridized carbons (Fsp3) is 0.389. The number of halogens is 1. The van der Waals surface area contributed by atoms with Crippen molar-refractivity contribution in [1.29, 1.82) is 0 Å². The molecule has 4 aliphatic carbocycles. The molecule has 1 aromatic carbocycles. The van der Waals surface area contributed by atoms with Crippen LogP contribution in [-0.2, 0) is 9.59 Å². The number of imide groups is 1. The van der Waals surface area contributed by atoms with Crippen molar-refractivity contribution in [3.8, 4) is 11.5 Å². The Morgan fingerprint density at radius 2 is 1.64 bits per heavy atom. The molecule has 6 nitrogen and oxygen atoms in total. The molecule has 0 radical (unpaired) electrons. The van der Waals surface area contributed by atoms with E-state index in [1.54, 1.807) is 0 Å². The SMILES string of the molecule is O=C1[C@@H]2[C@@H]3C=C[C@@H]([C@@H]4C[C@H]34)[C@@H]2C(=O)N1/N=C/c1cc(Br)c(O)cc1O. The third-order valence-corrected chi connectivity index (χ3v) is 6.68. The summed E-state index contributed by atoms with van der Waals surface area (Å²) in [6.45, 7) is 0. The van der Waals surface area contributed by atoms with Crippen LogP contribution >= 0.6 is 15.9 Å². The zero-order valence-corrected chi connectivity index (χ0v) is 14.6. The molecule has 1 aromatic rings. The Kier molecular flexibility index (Phi) is 2.99. The maximum absolute atomic E-state index is 12.8. The molecule has 5 aliphatic rings. The number of amides is 2. The molecule has 1 aliphatic heterocycles. The number of benzene rings is 1. The highest BCUT2D eigenvalue weighted by Gasteiger charge is 2.67. The van der Waals surface area contributed by atoms with Crippen LogP contribution in [0.15, 0.2) is 33.9 Å². The highest BCUT2D eigenvalue weighted by Crippen LogP contribution is 2.65. The van der Waals surface area contributed by atoms with Crippen LogP contribution in [0.25, 0.3) is 0 Å². The number of phenols is 2. The van der Waals surface area contributed by atoms with E-state index in [0.29, 0.717) is 21.9 Å². The summed E-state index contributed by atoms with van der Waals surface area (Å²) in [6, 6.07) is 2.66. The summed E-state index contributed by atoms with van der Waals surface area (Å²) in [6.07, 6.45) is 6.62. The highest BCUT2D eigenvalue weighted by molar-refractivity contribution is 9.10. The first kappa shape index (κ1) is 15.1. The quantitative estimate of drug-likeness (QED) is 0.450. The third kappa shape index (κ3) is 1.99. The van der Waals surface area contributed by atoms with Gasteiger partial charge in [0.15, 0.2) is 0 Å². The molecule has 7 heteroatoms. The number of nitrogens with zero attached hydrogens (tertiary/aromatic N) is 2. The fourth-order valence-electron chi connectivity index (χ4n) is 4.84. The van der Waals surface area contributed by atoms with Gasteiger partial charge in [-0.25, -0.2) is 0 Å². The predicted molar refractivity (Wildman–Crippen MR) is 91.6 cm³/mol. The van der Waals surface area contributed by atoms with Crippen molar-refractivity contribution in [2.45, 2.75) is 6.42 Å². The molecule has 1 saturated heterocycles. The van der Waals surface area contributed by atoms with E-state index >= 15 is 0 Å². The lowest BCUT2D eigenvalue weighted by molar-refractivity contribution is -0.140. The molecule has 25 heavy (non-hydrogen) atoms. The van der Waals surface area contributed by atoms with Gasteiger partial charge < -0.3 is 10.2 Å². The molecule has 2 N–H and O–H groups in total. The smallest absolute Gasteiger partial charge is 0.254 e. The molecule has 2 amide bonds. The van der Waals surface area contributed by atoms with Gasteiger partial charge in [0.25, 0.3) is 11.8 Å². The van der Waals surface area contributed by atoms with Crippen LogP contribution in [0.5, 0.6) is 11.5 Å². The molecule has 0 aromatic heterocycles. The number of hydrazone groups is 1. The number of carbonyl (C=O) groups excluding carboxylic acids is 2. The molecule has 2 saturated carbocycles. The van der Waals surface area contributed by atoms with Crippen molar-refractivity contribution in [2.24, 2.45) is 40.6 Å². The Hall–Kier alpha value is -2.15. The van der Waals surface area contributed by atoms with Crippen LogP contribution in [-0.4, -0.2) is 33.3 Å². The fourth-order valence-corrected chi connectivity index (χ4v) is 5.21. The number of allylic oxidation sites excluding steroid dienone is 2. The summed E-state index contributed by atoms with van der Waals surface area (Å²) in [5.41, 5.74) is 0.309. The molecule has 1 heterocycles. The van der Waals surface area contributed by atoms with E-state index in [1.165, 1.54) is 18.3 Å². The molecule has 6 rings (SSSR count). The number of phenolic OH excluding ortho intramolecular Hbond substituents is 2. The molecule has 0 unspecified atom stereocenters. The number of aromatic hydroxyl groups is 2. The second kappa shape index (κ2) is 4.94. The maximum atomic E-state index is 12.8. The van der Waals surface area contributed by atoms with Gasteiger partial charge in [-0.1, -0.05) is 12.2 Å². The van der Waals surface area contributed by atoms with Gasteiger partial charge in [-0.05, 0) is 52.1 Å². The monoisotopic (exact) mass is 402 g/mol. The minimum Gasteiger partial charge on any atom is -0.507 e. The normalized spacial score (nSPS) is 37.7. The molecule has 128 valence electrons. The van der Waals surface area contributed by atoms with Crippen molar-refractivity contribution >= 4 is 34.0 Å². The summed E-state index contributed by atoms with van der Waals surface area (Å²) in [7, 11) is 0. The Balaban J connectivity index is 1.46. The van der Waals surface area contributed by atoms with Crippen molar-refractivity contribution in [3.63, 3.8) is 0 Å². The lowest BCUT2D eigenvalue weighted by Gasteiger charge is -2.37. The van der Waals surface area contributed by atoms with E-state index in [0.717, 1.165) is 11.4 Å². The first-order valence-corrected chi connectivity index (χ1v) is 9.08. The average molecular weight is 403 g/mol. The van der Waals surface area contributed by atoms with Gasteiger partial charge >= 0.3 is 0 Å². The number of hydrogen-bond donors (Lipinski definition) is 2. The van der Waals surface area contributed by atoms with Gasteiger partial charge in [0.1, 0.15) is 11.5 Å². The molecular weight excluding hydrogens is 388 g/mol. The lowest BCUT2D eigenvalue weighted by Crippen LogP contribution is -2.40. The van der Waals surface area contributed by atoms with Crippen molar-refractivity contribution < 1.29 is 19.8 Å². The second-order valence-corrected chi connectivity index (χ2v) is 8.10. The highest BCUT2D eigenvalue weighted by atomic mass is 79.9. The second-order valence-electron chi connectivity index (χ2n) is 7.25. The number of hydrogen-bond acceptors (Lipinski definition) is 5. The van der Waals surface area contributed by atoms with Crippen molar-refractivity contribution in [2.75, 3.05) is 0 Å². The van der Waals surface area contributed by atoms with Gasteiger partial charge in [0.05, 0.1) is 22.5 Å². The summed E-state index contributed by atoms with van der Waals surface area (Å²) >= 11 is 3.16. The van der Waals surface area contributed by atoms with Crippen LogP contribution in [0.1, 0.15) is 12.0 Å². The lowest BCUT2D eigenvalue weighted by atomic mass is 9.63. The first-order chi connectivity index (χ1) is 12.0. The van der Waals surface area contributed by atoms with Gasteiger partial charge in [-0.2, -0.15) is 10.1 Å². The summed E-state index contributed by atoms with van der Waals surface area (Å²) < 4.78 is 0.391. The minimum atomic E-state index is -0.288. The van der Waals surface area contributed by atoms with E-state index in [1.807, 2.05) is 0 Å². The van der Waals surface area contributed by atoms with Crippen LogP contribution in [0, 0.1) is 35.5 Å². The van der Waals surface area contributed by atoms with Crippen LogP contribution < -0.4 is 0 Å². The van der Waals surface area contributed by atoms with Crippen molar-refractivity contribution in [1.82, 2.24) is 5.01 Å². The van der Waals surface area contributed by atoms with Gasteiger partial charge in [0, 0.05) is 11.6 Å². The van der Waals surface area contributed by atoms with Crippen LogP contribution in [0.3, 0.4) is 0 Å². The van der Waals surface area contributed by atoms with Gasteiger partial charge in [-0.15, -0.1) is 0 Å². The number of carbonyl (C=O) groups is 2. The molecule has 0 spiro atoms. The standard InChI is InChI=1S/C18H15BrN2O4/c19-12-3-7(13(22)5-14(12)23)6-20-21-17(24)15-8-1-2-9(11-4-10(8)11)16(15)18(21)25/h1-3,5-6,8-11,15-16,22-23H,4H2/b20-6+/t8-,9+,10-,11+,15-,16+. The molecule has 2 bridgehead atoms. The van der Waals surface area contributed by atoms with E-state index in [9.17, 15) is 19.8 Å². The van der Waals surface area contributed by atoms with Crippen molar-refractivity contribution in [3.05, 3.63) is 34.3 Å². The Bertz CT molecular complexity index is 844. The van der Waals surface area contributed by atoms with Crippen LogP contribution in [0.2, 0.25) is 0 Å². The van der Waals surface area contributed by atoms with E-state index in [-0.39, 0.29) is 47.0 Å². The Labute approximate surface area is 152 Å². The Morgan fingerprint density at radius 1 is 1.04 bits per heavy atom. The average Bonchev–Trinajstić information content (AvgIpc) is 3.36. The molecule has 3 fully saturated rings. The maximum Gasteiger partial charge on any atom is 0.254 e. The van der Waals surface area contributed by atoms with Gasteiger partial charge in [-0.3, -0.25) is 9.59 Å². The predicted octanol–water partition coefficient (Wildman–Crippen LogP) is 2.25.